The standard InChI is InChI=1S/C40H29N5O8/c1-2-40(53-39(49)29-21-13-6-14-22-29)30(23-50-37(47)27-17-9-4-10-18-27)51-36(32(40)52-38(48)28-19-11-5-12-20-28)45-25-43-31-33(41-24-42-34(31)45)44-35(46)26-15-7-3-8-16-26/h1,3-22,24-25,30,32,36H,23H2,(H,41,42,44,46)/t30-,32+,36-,40-/m1/s1. The number of rotatable bonds is 10. The van der Waals surface area contributed by atoms with E-state index in [1.807, 2.05) is 0 Å². The number of hydrogen-bond acceptors (Lipinski definition) is 11. The molecule has 13 heteroatoms. The molecule has 0 bridgehead atoms. The molecular formula is C40H29N5O8. The highest BCUT2D eigenvalue weighted by atomic mass is 16.7. The third kappa shape index (κ3) is 6.94. The van der Waals surface area contributed by atoms with Crippen molar-refractivity contribution in [1.29, 1.82) is 0 Å². The minimum Gasteiger partial charge on any atom is -0.459 e. The van der Waals surface area contributed by atoms with Gasteiger partial charge in [-0.05, 0) is 48.5 Å². The van der Waals surface area contributed by atoms with Gasteiger partial charge in [0.25, 0.3) is 5.91 Å². The molecular weight excluding hydrogens is 678 g/mol. The van der Waals surface area contributed by atoms with Crippen LogP contribution < -0.4 is 5.32 Å². The number of nitrogens with zero attached hydrogens (tertiary/aromatic N) is 4. The van der Waals surface area contributed by atoms with E-state index in [-0.39, 0.29) is 33.7 Å². The maximum Gasteiger partial charge on any atom is 0.339 e. The highest BCUT2D eigenvalue weighted by Crippen LogP contribution is 2.44. The highest BCUT2D eigenvalue weighted by molar-refractivity contribution is 6.06. The fraction of sp³-hybridized carbons (Fsp3) is 0.125. The van der Waals surface area contributed by atoms with Crippen LogP contribution in [0.3, 0.4) is 0 Å². The van der Waals surface area contributed by atoms with Gasteiger partial charge in [-0.1, -0.05) is 78.7 Å². The first kappa shape index (κ1) is 34.3. The lowest BCUT2D eigenvalue weighted by molar-refractivity contribution is -0.0782. The Balaban J connectivity index is 1.31. The van der Waals surface area contributed by atoms with Crippen molar-refractivity contribution in [3.63, 3.8) is 0 Å². The number of anilines is 1. The lowest BCUT2D eigenvalue weighted by atomic mass is 9.92. The number of imidazole rings is 1. The first-order valence-electron chi connectivity index (χ1n) is 16.3. The van der Waals surface area contributed by atoms with Crippen molar-refractivity contribution in [2.45, 2.75) is 24.0 Å². The molecule has 3 heterocycles. The molecule has 0 radical (unpaired) electrons. The summed E-state index contributed by atoms with van der Waals surface area (Å²) in [5.74, 6) is -0.174. The lowest BCUT2D eigenvalue weighted by Crippen LogP contribution is -2.53. The Kier molecular flexibility index (Phi) is 9.69. The van der Waals surface area contributed by atoms with E-state index in [1.54, 1.807) is 109 Å². The van der Waals surface area contributed by atoms with E-state index in [0.717, 1.165) is 0 Å². The Labute approximate surface area is 302 Å². The summed E-state index contributed by atoms with van der Waals surface area (Å²) in [6, 6.07) is 33.0. The van der Waals surface area contributed by atoms with Gasteiger partial charge in [0.1, 0.15) is 19.0 Å². The van der Waals surface area contributed by atoms with Crippen molar-refractivity contribution in [1.82, 2.24) is 19.5 Å². The lowest BCUT2D eigenvalue weighted by Gasteiger charge is -2.33. The Morgan fingerprint density at radius 1 is 0.736 bits per heavy atom. The van der Waals surface area contributed by atoms with E-state index >= 15 is 0 Å². The number of amides is 1. The van der Waals surface area contributed by atoms with E-state index in [2.05, 4.69) is 26.2 Å². The Morgan fingerprint density at radius 2 is 1.28 bits per heavy atom. The summed E-state index contributed by atoms with van der Waals surface area (Å²) >= 11 is 0. The van der Waals surface area contributed by atoms with Gasteiger partial charge in [0.05, 0.1) is 23.0 Å². The molecule has 7 rings (SSSR count). The molecule has 6 aromatic rings. The van der Waals surface area contributed by atoms with Gasteiger partial charge in [-0.2, -0.15) is 0 Å². The second-order valence-corrected chi connectivity index (χ2v) is 11.7. The van der Waals surface area contributed by atoms with Crippen LogP contribution in [0.2, 0.25) is 0 Å². The Bertz CT molecular complexity index is 2310. The minimum absolute atomic E-state index is 0.0884. The van der Waals surface area contributed by atoms with Crippen molar-refractivity contribution in [3.8, 4) is 12.3 Å². The summed E-state index contributed by atoms with van der Waals surface area (Å²) in [7, 11) is 0. The first-order chi connectivity index (χ1) is 25.9. The van der Waals surface area contributed by atoms with Gasteiger partial charge < -0.3 is 24.3 Å². The Hall–Kier alpha value is -7.17. The molecule has 4 aromatic carbocycles. The average Bonchev–Trinajstić information content (AvgIpc) is 3.77. The third-order valence-corrected chi connectivity index (χ3v) is 8.48. The molecule has 1 N–H and O–H groups in total. The second-order valence-electron chi connectivity index (χ2n) is 11.7. The zero-order chi connectivity index (χ0) is 36.8. The van der Waals surface area contributed by atoms with E-state index in [0.29, 0.717) is 5.56 Å². The average molecular weight is 708 g/mol. The molecule has 1 aliphatic heterocycles. The summed E-state index contributed by atoms with van der Waals surface area (Å²) in [6.45, 7) is -0.518. The van der Waals surface area contributed by atoms with E-state index in [1.165, 1.54) is 29.4 Å². The molecule has 4 atom stereocenters. The molecule has 262 valence electrons. The van der Waals surface area contributed by atoms with Gasteiger partial charge in [0.15, 0.2) is 23.2 Å². The molecule has 0 unspecified atom stereocenters. The van der Waals surface area contributed by atoms with Gasteiger partial charge >= 0.3 is 17.9 Å². The number of esters is 3. The van der Waals surface area contributed by atoms with Crippen LogP contribution in [-0.4, -0.2) is 67.7 Å². The molecule has 0 spiro atoms. The molecule has 1 aliphatic rings. The van der Waals surface area contributed by atoms with Crippen LogP contribution >= 0.6 is 0 Å². The largest absolute Gasteiger partial charge is 0.459 e. The Morgan fingerprint density at radius 3 is 1.87 bits per heavy atom. The van der Waals surface area contributed by atoms with Crippen LogP contribution in [0, 0.1) is 12.3 Å². The first-order valence-corrected chi connectivity index (χ1v) is 16.3. The van der Waals surface area contributed by atoms with Crippen molar-refractivity contribution < 1.29 is 38.1 Å². The van der Waals surface area contributed by atoms with Crippen molar-refractivity contribution in [2.24, 2.45) is 0 Å². The summed E-state index contributed by atoms with van der Waals surface area (Å²) < 4.78 is 25.8. The number of aromatic nitrogens is 4. The van der Waals surface area contributed by atoms with E-state index in [9.17, 15) is 19.2 Å². The quantitative estimate of drug-likeness (QED) is 0.112. The van der Waals surface area contributed by atoms with Gasteiger partial charge in [0.2, 0.25) is 11.7 Å². The van der Waals surface area contributed by atoms with E-state index in [4.69, 9.17) is 25.4 Å². The molecule has 0 saturated carbocycles. The molecule has 2 aromatic heterocycles. The summed E-state index contributed by atoms with van der Waals surface area (Å²) in [5, 5.41) is 2.75. The molecule has 0 aliphatic carbocycles. The van der Waals surface area contributed by atoms with Crippen LogP contribution in [0.5, 0.6) is 0 Å². The van der Waals surface area contributed by atoms with E-state index < -0.39 is 54.5 Å². The van der Waals surface area contributed by atoms with Gasteiger partial charge in [-0.25, -0.2) is 29.3 Å². The zero-order valence-corrected chi connectivity index (χ0v) is 27.8. The molecule has 13 nitrogen and oxygen atoms in total. The smallest absolute Gasteiger partial charge is 0.339 e. The van der Waals surface area contributed by atoms with Crippen molar-refractivity contribution in [3.05, 3.63) is 156 Å². The van der Waals surface area contributed by atoms with Crippen LogP contribution in [0.1, 0.15) is 47.7 Å². The molecule has 53 heavy (non-hydrogen) atoms. The SMILES string of the molecule is C#C[C@@]1(OC(=O)c2ccccc2)[C@@H](COC(=O)c2ccccc2)O[C@@H](n2cnc3c(NC(=O)c4ccccc4)ncnc32)[C@@H]1OC(=O)c1ccccc1. The van der Waals surface area contributed by atoms with Crippen molar-refractivity contribution in [2.75, 3.05) is 11.9 Å². The van der Waals surface area contributed by atoms with Crippen LogP contribution in [-0.2, 0) is 18.9 Å². The molecule has 1 amide bonds. The molecule has 1 saturated heterocycles. The predicted octanol–water partition coefficient (Wildman–Crippen LogP) is 5.29. The number of nitrogens with one attached hydrogen (secondary N) is 1. The maximum atomic E-state index is 13.7. The number of terminal acetylenes is 1. The number of hydrogen-bond donors (Lipinski definition) is 1. The van der Waals surface area contributed by atoms with Crippen molar-refractivity contribution >= 4 is 40.8 Å². The summed E-state index contributed by atoms with van der Waals surface area (Å²) in [5.41, 5.74) is -0.891. The topological polar surface area (TPSA) is 161 Å². The molecule has 1 fully saturated rings. The second kappa shape index (κ2) is 15.0. The maximum absolute atomic E-state index is 13.7. The van der Waals surface area contributed by atoms with Crippen LogP contribution in [0.25, 0.3) is 11.2 Å². The van der Waals surface area contributed by atoms with Gasteiger partial charge in [-0.15, -0.1) is 6.42 Å². The monoisotopic (exact) mass is 707 g/mol. The number of ether oxygens (including phenoxy) is 4. The third-order valence-electron chi connectivity index (χ3n) is 8.48. The number of carbonyl (C=O) groups is 4. The normalized spacial score (nSPS) is 19.1. The van der Waals surface area contributed by atoms with Crippen LogP contribution in [0.15, 0.2) is 134 Å². The number of fused-ring (bicyclic) bond motifs is 1. The fourth-order valence-corrected chi connectivity index (χ4v) is 5.84. The summed E-state index contributed by atoms with van der Waals surface area (Å²) in [4.78, 5) is 66.7. The predicted molar refractivity (Wildman–Crippen MR) is 189 cm³/mol. The number of carbonyl (C=O) groups excluding carboxylic acids is 4. The number of benzene rings is 4. The minimum atomic E-state index is -2.17. The zero-order valence-electron chi connectivity index (χ0n) is 27.8. The highest BCUT2D eigenvalue weighted by Gasteiger charge is 2.63. The summed E-state index contributed by atoms with van der Waals surface area (Å²) in [6.07, 6.45) is 4.47. The van der Waals surface area contributed by atoms with Crippen LogP contribution in [0.4, 0.5) is 5.82 Å². The van der Waals surface area contributed by atoms with Gasteiger partial charge in [-0.3, -0.25) is 9.36 Å². The van der Waals surface area contributed by atoms with Gasteiger partial charge in [0, 0.05) is 5.56 Å². The fourth-order valence-electron chi connectivity index (χ4n) is 5.84.